The smallest absolute Gasteiger partial charge is 0.327 e. The van der Waals surface area contributed by atoms with Gasteiger partial charge in [0.05, 0.1) is 12.0 Å². The fraction of sp³-hybridized carbons (Fsp3) is 0.846. The first-order chi connectivity index (χ1) is 9.60. The monoisotopic (exact) mass is 302 g/mol. The highest BCUT2D eigenvalue weighted by Gasteiger charge is 2.48. The van der Waals surface area contributed by atoms with Crippen molar-refractivity contribution in [1.82, 2.24) is 9.80 Å². The van der Waals surface area contributed by atoms with Gasteiger partial charge in [0.2, 0.25) is 0 Å². The molecule has 2 rings (SSSR count). The lowest BCUT2D eigenvalue weighted by Gasteiger charge is -2.33. The van der Waals surface area contributed by atoms with E-state index in [1.807, 2.05) is 6.92 Å². The van der Waals surface area contributed by atoms with Gasteiger partial charge in [-0.3, -0.25) is 4.90 Å². The minimum Gasteiger partial charge on any atom is -0.480 e. The van der Waals surface area contributed by atoms with Gasteiger partial charge in [0, 0.05) is 18.8 Å². The number of hydrogen-bond acceptors (Lipinski definition) is 4. The minimum atomic E-state index is -0.936. The molecule has 2 aliphatic rings. The van der Waals surface area contributed by atoms with Crippen molar-refractivity contribution in [1.29, 1.82) is 0 Å². The van der Waals surface area contributed by atoms with Gasteiger partial charge in [0.15, 0.2) is 0 Å². The molecule has 0 aromatic carbocycles. The first-order valence-corrected chi connectivity index (χ1v) is 8.17. The standard InChI is InChI=1S/C13H22N2O4S/c1-2-5-14(6-7-16)13(19)15-10(12(17)18)8-20-11(15)9-3-4-9/h9-11,16H,2-8H2,1H3,(H,17,18). The molecule has 1 heterocycles. The van der Waals surface area contributed by atoms with Crippen LogP contribution in [0.4, 0.5) is 4.79 Å². The van der Waals surface area contributed by atoms with Crippen LogP contribution in [0, 0.1) is 5.92 Å². The molecule has 1 saturated carbocycles. The minimum absolute atomic E-state index is 0.0124. The molecule has 2 unspecified atom stereocenters. The zero-order valence-corrected chi connectivity index (χ0v) is 12.5. The molecule has 2 atom stereocenters. The van der Waals surface area contributed by atoms with Gasteiger partial charge in [0.25, 0.3) is 0 Å². The van der Waals surface area contributed by atoms with Crippen LogP contribution < -0.4 is 0 Å². The average Bonchev–Trinajstić information content (AvgIpc) is 3.16. The van der Waals surface area contributed by atoms with E-state index >= 15 is 0 Å². The molecule has 0 spiro atoms. The number of aliphatic hydroxyl groups excluding tert-OH is 1. The number of aliphatic carboxylic acids is 1. The quantitative estimate of drug-likeness (QED) is 0.766. The first kappa shape index (κ1) is 15.4. The molecule has 6 nitrogen and oxygen atoms in total. The van der Waals surface area contributed by atoms with Crippen molar-refractivity contribution in [3.63, 3.8) is 0 Å². The highest BCUT2D eigenvalue weighted by Crippen LogP contribution is 2.45. The highest BCUT2D eigenvalue weighted by atomic mass is 32.2. The maximum absolute atomic E-state index is 12.6. The molecule has 114 valence electrons. The molecular formula is C13H22N2O4S. The van der Waals surface area contributed by atoms with Gasteiger partial charge in [0.1, 0.15) is 6.04 Å². The fourth-order valence-corrected chi connectivity index (χ4v) is 4.19. The van der Waals surface area contributed by atoms with Crippen LogP contribution in [0.2, 0.25) is 0 Å². The maximum atomic E-state index is 12.6. The molecule has 2 amide bonds. The van der Waals surface area contributed by atoms with Gasteiger partial charge >= 0.3 is 12.0 Å². The third-order valence-corrected chi connectivity index (χ3v) is 5.16. The van der Waals surface area contributed by atoms with E-state index in [4.69, 9.17) is 5.11 Å². The van der Waals surface area contributed by atoms with Crippen molar-refractivity contribution in [2.45, 2.75) is 37.6 Å². The number of rotatable bonds is 6. The van der Waals surface area contributed by atoms with Gasteiger partial charge in [-0.05, 0) is 25.2 Å². The number of carbonyl (C=O) groups excluding carboxylic acids is 1. The molecule has 1 aliphatic carbocycles. The lowest BCUT2D eigenvalue weighted by molar-refractivity contribution is -0.141. The molecule has 0 aromatic rings. The van der Waals surface area contributed by atoms with E-state index in [0.29, 0.717) is 18.2 Å². The van der Waals surface area contributed by atoms with E-state index < -0.39 is 12.0 Å². The van der Waals surface area contributed by atoms with Crippen molar-refractivity contribution in [2.75, 3.05) is 25.4 Å². The second-order valence-electron chi connectivity index (χ2n) is 5.32. The molecule has 1 aliphatic heterocycles. The highest BCUT2D eigenvalue weighted by molar-refractivity contribution is 8.00. The SMILES string of the molecule is CCCN(CCO)C(=O)N1C(C(=O)O)CSC1C1CC1. The summed E-state index contributed by atoms with van der Waals surface area (Å²) in [4.78, 5) is 27.1. The summed E-state index contributed by atoms with van der Waals surface area (Å²) >= 11 is 1.57. The topological polar surface area (TPSA) is 81.1 Å². The number of hydrogen-bond donors (Lipinski definition) is 2. The predicted molar refractivity (Wildman–Crippen MR) is 76.6 cm³/mol. The lowest BCUT2D eigenvalue weighted by atomic mass is 10.2. The van der Waals surface area contributed by atoms with Crippen LogP contribution in [0.1, 0.15) is 26.2 Å². The molecule has 2 fully saturated rings. The van der Waals surface area contributed by atoms with Gasteiger partial charge in [-0.25, -0.2) is 9.59 Å². The Morgan fingerprint density at radius 1 is 1.35 bits per heavy atom. The number of carboxylic acid groups (broad SMARTS) is 1. The number of carbonyl (C=O) groups is 2. The van der Waals surface area contributed by atoms with Crippen molar-refractivity contribution in [3.05, 3.63) is 0 Å². The first-order valence-electron chi connectivity index (χ1n) is 7.12. The third-order valence-electron chi connectivity index (χ3n) is 3.70. The van der Waals surface area contributed by atoms with Gasteiger partial charge in [-0.2, -0.15) is 0 Å². The Morgan fingerprint density at radius 3 is 2.55 bits per heavy atom. The van der Waals surface area contributed by atoms with Crippen LogP contribution in [0.5, 0.6) is 0 Å². The van der Waals surface area contributed by atoms with E-state index in [-0.39, 0.29) is 24.6 Å². The van der Waals surface area contributed by atoms with Gasteiger partial charge in [-0.15, -0.1) is 11.8 Å². The Morgan fingerprint density at radius 2 is 2.05 bits per heavy atom. The Kier molecular flexibility index (Phi) is 5.15. The van der Waals surface area contributed by atoms with Crippen LogP contribution in [0.3, 0.4) is 0 Å². The van der Waals surface area contributed by atoms with Crippen LogP contribution in [-0.4, -0.2) is 68.9 Å². The number of nitrogens with zero attached hydrogens (tertiary/aromatic N) is 2. The van der Waals surface area contributed by atoms with E-state index in [0.717, 1.165) is 19.3 Å². The molecule has 1 saturated heterocycles. The van der Waals surface area contributed by atoms with E-state index in [1.54, 1.807) is 16.7 Å². The Labute approximate surface area is 123 Å². The summed E-state index contributed by atoms with van der Waals surface area (Å²) in [6.45, 7) is 2.67. The molecule has 7 heteroatoms. The van der Waals surface area contributed by atoms with Gasteiger partial charge in [-0.1, -0.05) is 6.92 Å². The van der Waals surface area contributed by atoms with E-state index in [1.165, 1.54) is 4.90 Å². The zero-order valence-electron chi connectivity index (χ0n) is 11.7. The second-order valence-corrected chi connectivity index (χ2v) is 6.47. The Hall–Kier alpha value is -0.950. The van der Waals surface area contributed by atoms with Crippen molar-refractivity contribution in [2.24, 2.45) is 5.92 Å². The van der Waals surface area contributed by atoms with Crippen molar-refractivity contribution in [3.8, 4) is 0 Å². The number of thioether (sulfide) groups is 1. The molecular weight excluding hydrogens is 280 g/mol. The van der Waals surface area contributed by atoms with Crippen LogP contribution in [0.25, 0.3) is 0 Å². The summed E-state index contributed by atoms with van der Waals surface area (Å²) in [7, 11) is 0. The lowest BCUT2D eigenvalue weighted by Crippen LogP contribution is -2.52. The fourth-order valence-electron chi connectivity index (χ4n) is 2.56. The number of aliphatic hydroxyl groups is 1. The van der Waals surface area contributed by atoms with Crippen LogP contribution >= 0.6 is 11.8 Å². The van der Waals surface area contributed by atoms with Crippen molar-refractivity contribution < 1.29 is 19.8 Å². The summed E-state index contributed by atoms with van der Waals surface area (Å²) in [5, 5.41) is 18.4. The van der Waals surface area contributed by atoms with Crippen molar-refractivity contribution >= 4 is 23.8 Å². The second kappa shape index (κ2) is 6.67. The summed E-state index contributed by atoms with van der Waals surface area (Å²) < 4.78 is 0. The molecule has 0 aromatic heterocycles. The summed E-state index contributed by atoms with van der Waals surface area (Å²) in [6.07, 6.45) is 2.93. The third kappa shape index (κ3) is 3.20. The van der Waals surface area contributed by atoms with E-state index in [9.17, 15) is 14.7 Å². The Balaban J connectivity index is 2.14. The number of carboxylic acids is 1. The molecule has 20 heavy (non-hydrogen) atoms. The summed E-state index contributed by atoms with van der Waals surface area (Å²) in [5.41, 5.74) is 0. The Bertz CT molecular complexity index is 369. The summed E-state index contributed by atoms with van der Waals surface area (Å²) in [6, 6.07) is -0.980. The number of amides is 2. The maximum Gasteiger partial charge on any atom is 0.327 e. The predicted octanol–water partition coefficient (Wildman–Crippen LogP) is 1.05. The molecule has 2 N–H and O–H groups in total. The number of urea groups is 1. The molecule has 0 radical (unpaired) electrons. The van der Waals surface area contributed by atoms with Crippen LogP contribution in [-0.2, 0) is 4.79 Å². The molecule has 0 bridgehead atoms. The average molecular weight is 302 g/mol. The van der Waals surface area contributed by atoms with Crippen LogP contribution in [0.15, 0.2) is 0 Å². The van der Waals surface area contributed by atoms with E-state index in [2.05, 4.69) is 0 Å². The van der Waals surface area contributed by atoms with Gasteiger partial charge < -0.3 is 15.1 Å². The largest absolute Gasteiger partial charge is 0.480 e. The zero-order chi connectivity index (χ0) is 14.7. The normalized spacial score (nSPS) is 25.8. The summed E-state index contributed by atoms with van der Waals surface area (Å²) in [5.74, 6) is -0.0400.